The molecule has 1 heterocycles. The highest BCUT2D eigenvalue weighted by Crippen LogP contribution is 2.34. The second kappa shape index (κ2) is 11.5. The molecule has 0 saturated carbocycles. The zero-order chi connectivity index (χ0) is 26.1. The number of carbonyl (C=O) groups is 2. The molecule has 2 aromatic carbocycles. The highest BCUT2D eigenvalue weighted by molar-refractivity contribution is 6.01. The maximum atomic E-state index is 13.1. The van der Waals surface area contributed by atoms with Gasteiger partial charge in [0.05, 0.1) is 16.9 Å². The first-order valence-corrected chi connectivity index (χ1v) is 10.2. The molecule has 0 radical (unpaired) electrons. The summed E-state index contributed by atoms with van der Waals surface area (Å²) in [6.45, 7) is 3.34. The van der Waals surface area contributed by atoms with E-state index in [1.807, 2.05) is 0 Å². The van der Waals surface area contributed by atoms with E-state index in [9.17, 15) is 22.8 Å². The van der Waals surface area contributed by atoms with Crippen molar-refractivity contribution in [3.05, 3.63) is 84.8 Å². The monoisotopic (exact) mass is 499 g/mol. The number of alkyl halides is 3. The molecule has 1 aromatic heterocycles. The number of carbonyl (C=O) groups excluding carboxylic acids is 2. The SMILES string of the molecule is C=CN=NNc1ccc(C(F)(F)F)cc1NC(=O)Nc1ccc(Oc2ccnc(C(=O)NC)c2)cc1. The van der Waals surface area contributed by atoms with E-state index in [1.54, 1.807) is 18.2 Å². The van der Waals surface area contributed by atoms with Crippen molar-refractivity contribution in [3.63, 3.8) is 0 Å². The maximum Gasteiger partial charge on any atom is 0.416 e. The fourth-order valence-electron chi connectivity index (χ4n) is 2.80. The fourth-order valence-corrected chi connectivity index (χ4v) is 2.80. The molecule has 3 amide bonds. The molecule has 0 aliphatic rings. The quantitative estimate of drug-likeness (QED) is 0.229. The Morgan fingerprint density at radius 2 is 1.75 bits per heavy atom. The van der Waals surface area contributed by atoms with Gasteiger partial charge < -0.3 is 20.7 Å². The molecule has 3 aromatic rings. The Morgan fingerprint density at radius 1 is 1.00 bits per heavy atom. The Hall–Kier alpha value is -4.94. The van der Waals surface area contributed by atoms with Crippen molar-refractivity contribution < 1.29 is 27.5 Å². The van der Waals surface area contributed by atoms with Gasteiger partial charge >= 0.3 is 12.2 Å². The van der Waals surface area contributed by atoms with Crippen LogP contribution in [-0.4, -0.2) is 24.0 Å². The first kappa shape index (κ1) is 25.7. The van der Waals surface area contributed by atoms with Crippen LogP contribution in [0.5, 0.6) is 11.5 Å². The molecule has 0 bridgehead atoms. The van der Waals surface area contributed by atoms with Crippen LogP contribution in [0.3, 0.4) is 0 Å². The first-order valence-electron chi connectivity index (χ1n) is 10.2. The topological polar surface area (TPSA) is 129 Å². The van der Waals surface area contributed by atoms with Crippen molar-refractivity contribution in [1.82, 2.24) is 10.3 Å². The molecule has 10 nitrogen and oxygen atoms in total. The summed E-state index contributed by atoms with van der Waals surface area (Å²) >= 11 is 0. The third-order valence-electron chi connectivity index (χ3n) is 4.44. The van der Waals surface area contributed by atoms with Gasteiger partial charge in [-0.3, -0.25) is 15.2 Å². The number of pyridine rings is 1. The van der Waals surface area contributed by atoms with Crippen LogP contribution in [0, 0.1) is 0 Å². The first-order chi connectivity index (χ1) is 17.2. The Balaban J connectivity index is 1.69. The summed E-state index contributed by atoms with van der Waals surface area (Å²) in [6, 6.07) is 11.1. The van der Waals surface area contributed by atoms with Gasteiger partial charge in [0.15, 0.2) is 0 Å². The summed E-state index contributed by atoms with van der Waals surface area (Å²) in [5.74, 6) is 0.418. The van der Waals surface area contributed by atoms with Gasteiger partial charge in [0, 0.05) is 31.2 Å². The van der Waals surface area contributed by atoms with E-state index in [0.29, 0.717) is 17.2 Å². The number of ether oxygens (including phenoxy) is 1. The number of benzene rings is 2. The molecule has 4 N–H and O–H groups in total. The van der Waals surface area contributed by atoms with E-state index in [1.165, 1.54) is 31.4 Å². The normalized spacial score (nSPS) is 11.0. The third-order valence-corrected chi connectivity index (χ3v) is 4.44. The number of hydrogen-bond donors (Lipinski definition) is 4. The second-order valence-corrected chi connectivity index (χ2v) is 6.93. The van der Waals surface area contributed by atoms with Crippen molar-refractivity contribution in [2.24, 2.45) is 10.3 Å². The van der Waals surface area contributed by atoms with E-state index in [2.05, 4.69) is 43.3 Å². The summed E-state index contributed by atoms with van der Waals surface area (Å²) in [6.07, 6.45) is -2.06. The molecule has 0 unspecified atom stereocenters. The number of nitrogens with one attached hydrogen (secondary N) is 4. The maximum absolute atomic E-state index is 13.1. The predicted molar refractivity (Wildman–Crippen MR) is 127 cm³/mol. The van der Waals surface area contributed by atoms with Crippen LogP contribution in [0.4, 0.5) is 35.0 Å². The van der Waals surface area contributed by atoms with E-state index in [0.717, 1.165) is 24.4 Å². The summed E-state index contributed by atoms with van der Waals surface area (Å²) < 4.78 is 45.1. The van der Waals surface area contributed by atoms with Crippen LogP contribution in [0.1, 0.15) is 16.1 Å². The number of hydrogen-bond acceptors (Lipinski definition) is 6. The number of halogens is 3. The van der Waals surface area contributed by atoms with Gasteiger partial charge in [-0.15, -0.1) is 5.11 Å². The molecule has 0 aliphatic carbocycles. The smallest absolute Gasteiger partial charge is 0.416 e. The Kier molecular flexibility index (Phi) is 8.18. The molecule has 0 aliphatic heterocycles. The summed E-state index contributed by atoms with van der Waals surface area (Å²) in [5, 5.41) is 14.3. The van der Waals surface area contributed by atoms with Crippen LogP contribution in [0.15, 0.2) is 83.9 Å². The van der Waals surface area contributed by atoms with Crippen LogP contribution in [0.2, 0.25) is 0 Å². The average molecular weight is 499 g/mol. The average Bonchev–Trinajstić information content (AvgIpc) is 2.85. The lowest BCUT2D eigenvalue weighted by atomic mass is 10.1. The van der Waals surface area contributed by atoms with E-state index in [-0.39, 0.29) is 23.0 Å². The van der Waals surface area contributed by atoms with Crippen LogP contribution < -0.4 is 26.1 Å². The summed E-state index contributed by atoms with van der Waals surface area (Å²) in [4.78, 5) is 28.1. The second-order valence-electron chi connectivity index (χ2n) is 6.93. The zero-order valence-electron chi connectivity index (χ0n) is 18.8. The van der Waals surface area contributed by atoms with Gasteiger partial charge in [-0.05, 0) is 48.5 Å². The molecule has 0 spiro atoms. The van der Waals surface area contributed by atoms with Gasteiger partial charge in [0.2, 0.25) is 0 Å². The van der Waals surface area contributed by atoms with Gasteiger partial charge in [-0.1, -0.05) is 11.8 Å². The minimum absolute atomic E-state index is 0.0842. The van der Waals surface area contributed by atoms with Crippen molar-refractivity contribution >= 4 is 29.0 Å². The van der Waals surface area contributed by atoms with Gasteiger partial charge in [0.1, 0.15) is 17.2 Å². The highest BCUT2D eigenvalue weighted by atomic mass is 19.4. The lowest BCUT2D eigenvalue weighted by Crippen LogP contribution is -2.20. The standard InChI is InChI=1S/C23H20F3N7O3/c1-3-29-33-32-18-9-4-14(23(24,25)26)12-19(18)31-22(35)30-15-5-7-16(8-6-15)36-17-10-11-28-20(13-17)21(34)27-2/h3-13H,1H2,2H3,(H,27,34)(H,29,32)(H2,30,31,35). The molecule has 13 heteroatoms. The number of amides is 3. The van der Waals surface area contributed by atoms with E-state index in [4.69, 9.17) is 4.74 Å². The minimum Gasteiger partial charge on any atom is -0.457 e. The largest absolute Gasteiger partial charge is 0.457 e. The molecular weight excluding hydrogens is 479 g/mol. The van der Waals surface area contributed by atoms with Crippen molar-refractivity contribution in [3.8, 4) is 11.5 Å². The number of nitrogens with zero attached hydrogens (tertiary/aromatic N) is 3. The third kappa shape index (κ3) is 7.03. The van der Waals surface area contributed by atoms with Crippen molar-refractivity contribution in [1.29, 1.82) is 0 Å². The lowest BCUT2D eigenvalue weighted by Gasteiger charge is -2.14. The Morgan fingerprint density at radius 3 is 2.42 bits per heavy atom. The molecule has 0 fully saturated rings. The van der Waals surface area contributed by atoms with Gasteiger partial charge in [0.25, 0.3) is 5.91 Å². The molecular formula is C23H20F3N7O3. The van der Waals surface area contributed by atoms with Crippen molar-refractivity contribution in [2.45, 2.75) is 6.18 Å². The van der Waals surface area contributed by atoms with Crippen LogP contribution >= 0.6 is 0 Å². The number of urea groups is 1. The number of anilines is 3. The van der Waals surface area contributed by atoms with E-state index < -0.39 is 17.8 Å². The number of rotatable bonds is 8. The summed E-state index contributed by atoms with van der Waals surface area (Å²) in [7, 11) is 1.48. The van der Waals surface area contributed by atoms with Gasteiger partial charge in [-0.25, -0.2) is 4.79 Å². The van der Waals surface area contributed by atoms with Crippen LogP contribution in [-0.2, 0) is 6.18 Å². The molecule has 186 valence electrons. The molecule has 36 heavy (non-hydrogen) atoms. The van der Waals surface area contributed by atoms with E-state index >= 15 is 0 Å². The van der Waals surface area contributed by atoms with Crippen LogP contribution in [0.25, 0.3) is 0 Å². The lowest BCUT2D eigenvalue weighted by molar-refractivity contribution is -0.137. The molecule has 0 atom stereocenters. The van der Waals surface area contributed by atoms with Crippen molar-refractivity contribution in [2.75, 3.05) is 23.1 Å². The highest BCUT2D eigenvalue weighted by Gasteiger charge is 2.31. The minimum atomic E-state index is -4.61. The Bertz CT molecular complexity index is 1280. The predicted octanol–water partition coefficient (Wildman–Crippen LogP) is 5.82. The molecule has 3 rings (SSSR count). The Labute approximate surface area is 203 Å². The van der Waals surface area contributed by atoms with Gasteiger partial charge in [-0.2, -0.15) is 13.2 Å². The summed E-state index contributed by atoms with van der Waals surface area (Å²) in [5.41, 5.74) is 1.92. The number of aromatic nitrogens is 1. The zero-order valence-corrected chi connectivity index (χ0v) is 18.8. The fraction of sp³-hybridized carbons (Fsp3) is 0.0870. The molecule has 0 saturated heterocycles.